The zero-order valence-electron chi connectivity index (χ0n) is 19.1. The van der Waals surface area contributed by atoms with Crippen LogP contribution in [-0.2, 0) is 21.5 Å². The molecule has 2 heterocycles. The van der Waals surface area contributed by atoms with E-state index in [2.05, 4.69) is 10.6 Å². The Morgan fingerprint density at radius 2 is 1.85 bits per heavy atom. The minimum atomic E-state index is -1.30. The minimum Gasteiger partial charge on any atom is -0.486 e. The number of carbonyl (C=O) groups is 3. The first-order chi connectivity index (χ1) is 16.4. The number of hydrogen-bond donors (Lipinski definition) is 2. The van der Waals surface area contributed by atoms with Crippen molar-refractivity contribution in [1.82, 2.24) is 15.5 Å². The number of unbranched alkanes of at least 4 members (excludes halogenated alkanes) is 1. The number of halogens is 1. The zero-order chi connectivity index (χ0) is 24.1. The molecule has 2 aromatic rings. The second kappa shape index (κ2) is 10.1. The van der Waals surface area contributed by atoms with Crippen LogP contribution in [0.2, 0.25) is 0 Å². The molecule has 1 fully saturated rings. The van der Waals surface area contributed by atoms with Crippen molar-refractivity contribution in [3.05, 3.63) is 59.4 Å². The van der Waals surface area contributed by atoms with Gasteiger partial charge >= 0.3 is 6.03 Å². The fourth-order valence-electron chi connectivity index (χ4n) is 4.24. The Labute approximate surface area is 197 Å². The van der Waals surface area contributed by atoms with Crippen molar-refractivity contribution in [2.45, 2.75) is 38.1 Å². The number of rotatable bonds is 9. The Morgan fingerprint density at radius 1 is 1.12 bits per heavy atom. The number of benzene rings is 2. The van der Waals surface area contributed by atoms with Gasteiger partial charge < -0.3 is 20.1 Å². The summed E-state index contributed by atoms with van der Waals surface area (Å²) in [5.41, 5.74) is 0.170. The van der Waals surface area contributed by atoms with Gasteiger partial charge in [0.05, 0.1) is 0 Å². The van der Waals surface area contributed by atoms with Crippen LogP contribution in [0.3, 0.4) is 0 Å². The van der Waals surface area contributed by atoms with Gasteiger partial charge in [-0.25, -0.2) is 9.18 Å². The molecule has 0 aliphatic carbocycles. The summed E-state index contributed by atoms with van der Waals surface area (Å²) in [7, 11) is 0. The molecular weight excluding hydrogens is 441 g/mol. The maximum atomic E-state index is 13.4. The van der Waals surface area contributed by atoms with E-state index >= 15 is 0 Å². The molecule has 1 atom stereocenters. The maximum Gasteiger partial charge on any atom is 0.325 e. The lowest BCUT2D eigenvalue weighted by molar-refractivity contribution is -0.135. The van der Waals surface area contributed by atoms with E-state index in [1.165, 1.54) is 24.3 Å². The van der Waals surface area contributed by atoms with Gasteiger partial charge in [0.1, 0.15) is 31.1 Å². The molecule has 0 bridgehead atoms. The van der Waals surface area contributed by atoms with E-state index in [1.807, 2.05) is 25.1 Å². The van der Waals surface area contributed by atoms with E-state index in [0.29, 0.717) is 56.1 Å². The van der Waals surface area contributed by atoms with E-state index < -0.39 is 29.2 Å². The molecule has 4 amide bonds. The normalized spacial score (nSPS) is 19.2. The SMILES string of the molecule is CCCCC1(c2ccc(F)cc2)NC(=O)N(CC(=O)NCCc2ccc3c(c2)OCCO3)C1=O. The van der Waals surface area contributed by atoms with E-state index in [9.17, 15) is 18.8 Å². The summed E-state index contributed by atoms with van der Waals surface area (Å²) in [4.78, 5) is 39.5. The Balaban J connectivity index is 1.38. The van der Waals surface area contributed by atoms with E-state index in [-0.39, 0.29) is 6.54 Å². The molecule has 0 saturated carbocycles. The first-order valence-corrected chi connectivity index (χ1v) is 11.5. The molecule has 8 nitrogen and oxygen atoms in total. The van der Waals surface area contributed by atoms with E-state index in [0.717, 1.165) is 16.9 Å². The molecule has 2 aliphatic rings. The number of urea groups is 1. The molecule has 180 valence electrons. The molecule has 34 heavy (non-hydrogen) atoms. The quantitative estimate of drug-likeness (QED) is 0.551. The lowest BCUT2D eigenvalue weighted by Gasteiger charge is -2.27. The Morgan fingerprint density at radius 3 is 2.59 bits per heavy atom. The summed E-state index contributed by atoms with van der Waals surface area (Å²) in [5.74, 6) is 0.00956. The smallest absolute Gasteiger partial charge is 0.325 e. The lowest BCUT2D eigenvalue weighted by Crippen LogP contribution is -2.45. The first-order valence-electron chi connectivity index (χ1n) is 11.5. The molecule has 0 spiro atoms. The zero-order valence-corrected chi connectivity index (χ0v) is 19.1. The van der Waals surface area contributed by atoms with E-state index in [4.69, 9.17) is 9.47 Å². The minimum absolute atomic E-state index is 0.334. The van der Waals surface area contributed by atoms with Crippen LogP contribution < -0.4 is 20.1 Å². The number of fused-ring (bicyclic) bond motifs is 1. The Bertz CT molecular complexity index is 1070. The van der Waals surface area contributed by atoms with Crippen LogP contribution in [0.25, 0.3) is 0 Å². The molecule has 2 N–H and O–H groups in total. The average molecular weight is 470 g/mol. The third kappa shape index (κ3) is 4.83. The van der Waals surface area contributed by atoms with Gasteiger partial charge in [-0.3, -0.25) is 14.5 Å². The second-order valence-corrected chi connectivity index (χ2v) is 8.42. The van der Waals surface area contributed by atoms with Crippen molar-refractivity contribution in [2.24, 2.45) is 0 Å². The number of carbonyl (C=O) groups excluding carboxylic acids is 3. The van der Waals surface area contributed by atoms with E-state index in [1.54, 1.807) is 0 Å². The highest BCUT2D eigenvalue weighted by atomic mass is 19.1. The predicted molar refractivity (Wildman–Crippen MR) is 122 cm³/mol. The van der Waals surface area contributed by atoms with Gasteiger partial charge in [-0.1, -0.05) is 38.0 Å². The highest BCUT2D eigenvalue weighted by Gasteiger charge is 2.52. The van der Waals surface area contributed by atoms with Crippen molar-refractivity contribution in [3.63, 3.8) is 0 Å². The summed E-state index contributed by atoms with van der Waals surface area (Å²) < 4.78 is 24.5. The first kappa shape index (κ1) is 23.5. The van der Waals surface area contributed by atoms with Crippen LogP contribution in [0, 0.1) is 5.82 Å². The molecule has 1 unspecified atom stereocenters. The molecule has 1 saturated heterocycles. The van der Waals surface area contributed by atoms with Crippen LogP contribution in [-0.4, -0.2) is 49.0 Å². The fourth-order valence-corrected chi connectivity index (χ4v) is 4.24. The number of ether oxygens (including phenoxy) is 2. The third-order valence-corrected chi connectivity index (χ3v) is 6.06. The summed E-state index contributed by atoms with van der Waals surface area (Å²) >= 11 is 0. The number of amides is 4. The van der Waals surface area contributed by atoms with Gasteiger partial charge in [0.25, 0.3) is 5.91 Å². The van der Waals surface area contributed by atoms with Gasteiger partial charge in [0.15, 0.2) is 11.5 Å². The average Bonchev–Trinajstić information content (AvgIpc) is 3.08. The molecule has 4 rings (SSSR count). The number of imide groups is 1. The monoisotopic (exact) mass is 469 g/mol. The molecule has 0 aromatic heterocycles. The topological polar surface area (TPSA) is 97.0 Å². The summed E-state index contributed by atoms with van der Waals surface area (Å²) in [6.07, 6.45) is 2.41. The van der Waals surface area contributed by atoms with Gasteiger partial charge in [-0.2, -0.15) is 0 Å². The molecule has 0 radical (unpaired) electrons. The predicted octanol–water partition coefficient (Wildman–Crippen LogP) is 2.89. The number of hydrogen-bond acceptors (Lipinski definition) is 5. The highest BCUT2D eigenvalue weighted by molar-refractivity contribution is 6.09. The third-order valence-electron chi connectivity index (χ3n) is 6.06. The van der Waals surface area contributed by atoms with Crippen LogP contribution in [0.4, 0.5) is 9.18 Å². The molecule has 2 aromatic carbocycles. The van der Waals surface area contributed by atoms with Crippen LogP contribution in [0.1, 0.15) is 37.3 Å². The van der Waals surface area contributed by atoms with Gasteiger partial charge in [0.2, 0.25) is 5.91 Å². The van der Waals surface area contributed by atoms with Gasteiger partial charge in [-0.15, -0.1) is 0 Å². The van der Waals surface area contributed by atoms with Crippen LogP contribution >= 0.6 is 0 Å². The largest absolute Gasteiger partial charge is 0.486 e. The van der Waals surface area contributed by atoms with Crippen LogP contribution in [0.5, 0.6) is 11.5 Å². The van der Waals surface area contributed by atoms with Gasteiger partial charge in [0, 0.05) is 6.54 Å². The summed E-state index contributed by atoms with van der Waals surface area (Å²) in [5, 5.41) is 5.53. The molecule has 9 heteroatoms. The number of nitrogens with zero attached hydrogens (tertiary/aromatic N) is 1. The highest BCUT2D eigenvalue weighted by Crippen LogP contribution is 2.34. The summed E-state index contributed by atoms with van der Waals surface area (Å²) in [6.45, 7) is 2.94. The van der Waals surface area contributed by atoms with Crippen molar-refractivity contribution in [2.75, 3.05) is 26.3 Å². The van der Waals surface area contributed by atoms with Gasteiger partial charge in [-0.05, 0) is 48.2 Å². The number of nitrogens with one attached hydrogen (secondary N) is 2. The van der Waals surface area contributed by atoms with Crippen molar-refractivity contribution in [3.8, 4) is 11.5 Å². The maximum absolute atomic E-state index is 13.4. The van der Waals surface area contributed by atoms with Crippen molar-refractivity contribution in [1.29, 1.82) is 0 Å². The van der Waals surface area contributed by atoms with Crippen LogP contribution in [0.15, 0.2) is 42.5 Å². The van der Waals surface area contributed by atoms with Crippen molar-refractivity contribution < 1.29 is 28.2 Å². The standard InChI is InChI=1S/C25H28FN3O5/c1-2-3-11-25(18-5-7-19(26)8-6-18)23(31)29(24(32)28-25)16-22(30)27-12-10-17-4-9-20-21(15-17)34-14-13-33-20/h4-9,15H,2-3,10-14,16H2,1H3,(H,27,30)(H,28,32). The Kier molecular flexibility index (Phi) is 7.00. The Hall–Kier alpha value is -3.62. The summed E-state index contributed by atoms with van der Waals surface area (Å²) in [6, 6.07) is 10.5. The molecule has 2 aliphatic heterocycles. The fraction of sp³-hybridized carbons (Fsp3) is 0.400. The molecular formula is C25H28FN3O5. The van der Waals surface area contributed by atoms with Crippen molar-refractivity contribution >= 4 is 17.8 Å². The lowest BCUT2D eigenvalue weighted by atomic mass is 9.85. The second-order valence-electron chi connectivity index (χ2n) is 8.42.